The molecule has 0 bridgehead atoms. The van der Waals surface area contributed by atoms with Gasteiger partial charge in [0.25, 0.3) is 5.56 Å². The Balaban J connectivity index is 1.91. The Hall–Kier alpha value is -3.25. The highest BCUT2D eigenvalue weighted by Crippen LogP contribution is 2.35. The molecule has 1 aliphatic heterocycles. The lowest BCUT2D eigenvalue weighted by molar-refractivity contribution is -0.139. The average molecular weight is 661 g/mol. The maximum Gasteiger partial charge on any atom is 0.338 e. The smallest absolute Gasteiger partial charge is 0.338 e. The van der Waals surface area contributed by atoms with Crippen molar-refractivity contribution in [1.29, 1.82) is 0 Å². The number of methoxy groups -OCH3 is 1. The van der Waals surface area contributed by atoms with E-state index in [2.05, 4.69) is 41.4 Å². The maximum atomic E-state index is 13.9. The molecular formula is C29H29IN2O6S. The molecule has 0 unspecified atom stereocenters. The van der Waals surface area contributed by atoms with Crippen LogP contribution in [0.15, 0.2) is 57.5 Å². The van der Waals surface area contributed by atoms with Gasteiger partial charge in [-0.25, -0.2) is 9.79 Å². The van der Waals surface area contributed by atoms with Gasteiger partial charge in [-0.05, 0) is 77.3 Å². The predicted molar refractivity (Wildman–Crippen MR) is 158 cm³/mol. The lowest BCUT2D eigenvalue weighted by Gasteiger charge is -2.25. The molecule has 0 radical (unpaired) electrons. The van der Waals surface area contributed by atoms with Gasteiger partial charge < -0.3 is 14.2 Å². The largest absolute Gasteiger partial charge is 0.493 e. The van der Waals surface area contributed by atoms with Gasteiger partial charge >= 0.3 is 11.9 Å². The minimum atomic E-state index is -0.676. The van der Waals surface area contributed by atoms with Crippen molar-refractivity contribution in [2.75, 3.05) is 13.7 Å². The molecule has 0 saturated heterocycles. The molecule has 0 amide bonds. The van der Waals surface area contributed by atoms with Gasteiger partial charge in [0.1, 0.15) is 0 Å². The van der Waals surface area contributed by atoms with Crippen LogP contribution in [-0.2, 0) is 14.3 Å². The highest BCUT2D eigenvalue weighted by molar-refractivity contribution is 14.1. The summed E-state index contributed by atoms with van der Waals surface area (Å²) >= 11 is 3.30. The fourth-order valence-corrected chi connectivity index (χ4v) is 6.17. The van der Waals surface area contributed by atoms with Gasteiger partial charge in [-0.2, -0.15) is 0 Å². The van der Waals surface area contributed by atoms with Crippen molar-refractivity contribution in [3.63, 3.8) is 0 Å². The maximum absolute atomic E-state index is 13.9. The van der Waals surface area contributed by atoms with Crippen molar-refractivity contribution in [3.8, 4) is 11.5 Å². The number of esters is 2. The van der Waals surface area contributed by atoms with Crippen molar-refractivity contribution >= 4 is 51.9 Å². The number of hydrogen-bond acceptors (Lipinski definition) is 8. The Labute approximate surface area is 243 Å². The van der Waals surface area contributed by atoms with E-state index in [4.69, 9.17) is 14.2 Å². The van der Waals surface area contributed by atoms with Crippen molar-refractivity contribution in [2.24, 2.45) is 4.99 Å². The van der Waals surface area contributed by atoms with Crippen LogP contribution < -0.4 is 24.4 Å². The Kier molecular flexibility index (Phi) is 8.75. The van der Waals surface area contributed by atoms with E-state index in [-0.39, 0.29) is 12.2 Å². The normalized spacial score (nSPS) is 15.2. The molecule has 0 saturated carbocycles. The highest BCUT2D eigenvalue weighted by atomic mass is 127. The zero-order valence-electron chi connectivity index (χ0n) is 22.5. The van der Waals surface area contributed by atoms with Gasteiger partial charge in [0.2, 0.25) is 0 Å². The molecule has 0 spiro atoms. The molecule has 10 heteroatoms. The number of carbonyl (C=O) groups is 2. The Bertz CT molecular complexity index is 1650. The quantitative estimate of drug-likeness (QED) is 0.211. The molecule has 39 heavy (non-hydrogen) atoms. The fourth-order valence-electron chi connectivity index (χ4n) is 4.39. The number of thiazole rings is 1. The monoisotopic (exact) mass is 660 g/mol. The standard InChI is InChI=1S/C29H29IN2O6S/c1-7-37-28(35)24-16(4)31-29-32(25(24)20-10-8-19(9-11-20)15(2)3)27(34)23(39-29)14-18-12-21(30)26(38-17(5)33)22(13-18)36-6/h8-15,25H,7H2,1-6H3/b23-14-/t25-/m0/s1. The Morgan fingerprint density at radius 3 is 2.49 bits per heavy atom. The van der Waals surface area contributed by atoms with E-state index in [0.717, 1.165) is 11.1 Å². The zero-order chi connectivity index (χ0) is 28.4. The van der Waals surface area contributed by atoms with E-state index >= 15 is 0 Å². The molecule has 1 aliphatic rings. The molecule has 0 N–H and O–H groups in total. The fraction of sp³-hybridized carbons (Fsp3) is 0.310. The van der Waals surface area contributed by atoms with Crippen LogP contribution in [0.25, 0.3) is 6.08 Å². The molecule has 1 atom stereocenters. The number of carbonyl (C=O) groups excluding carboxylic acids is 2. The van der Waals surface area contributed by atoms with E-state index in [1.807, 2.05) is 24.3 Å². The lowest BCUT2D eigenvalue weighted by Crippen LogP contribution is -2.39. The van der Waals surface area contributed by atoms with Gasteiger partial charge in [0.05, 0.1) is 39.1 Å². The zero-order valence-corrected chi connectivity index (χ0v) is 25.5. The molecule has 1 aromatic heterocycles. The van der Waals surface area contributed by atoms with Gasteiger partial charge in [-0.15, -0.1) is 0 Å². The number of rotatable bonds is 7. The second-order valence-electron chi connectivity index (χ2n) is 9.25. The van der Waals surface area contributed by atoms with Gasteiger partial charge in [0.15, 0.2) is 16.3 Å². The van der Waals surface area contributed by atoms with Crippen LogP contribution in [-0.4, -0.2) is 30.2 Å². The third-order valence-corrected chi connectivity index (χ3v) is 8.02. The number of ether oxygens (including phenoxy) is 3. The number of benzene rings is 2. The molecular weight excluding hydrogens is 631 g/mol. The first-order valence-electron chi connectivity index (χ1n) is 12.4. The summed E-state index contributed by atoms with van der Waals surface area (Å²) in [4.78, 5) is 43.6. The number of fused-ring (bicyclic) bond motifs is 1. The molecule has 8 nitrogen and oxygen atoms in total. The SMILES string of the molecule is CCOC(=O)C1=C(C)N=c2s/c(=C\c3cc(I)c(OC(C)=O)c(OC)c3)c(=O)n2[C@H]1c1ccc(C(C)C)cc1. The molecule has 0 aliphatic carbocycles. The van der Waals surface area contributed by atoms with Crippen LogP contribution in [0.4, 0.5) is 0 Å². The van der Waals surface area contributed by atoms with Crippen molar-refractivity contribution in [2.45, 2.75) is 46.6 Å². The number of halogens is 1. The molecule has 2 heterocycles. The van der Waals surface area contributed by atoms with E-state index in [0.29, 0.717) is 47.2 Å². The third kappa shape index (κ3) is 5.86. The lowest BCUT2D eigenvalue weighted by atomic mass is 9.93. The van der Waals surface area contributed by atoms with Gasteiger partial charge in [-0.3, -0.25) is 14.2 Å². The van der Waals surface area contributed by atoms with Gasteiger partial charge in [0, 0.05) is 6.92 Å². The molecule has 0 fully saturated rings. The van der Waals surface area contributed by atoms with Crippen LogP contribution in [0.3, 0.4) is 0 Å². The minimum absolute atomic E-state index is 0.211. The first kappa shape index (κ1) is 28.8. The van der Waals surface area contributed by atoms with E-state index < -0.39 is 18.0 Å². The second kappa shape index (κ2) is 11.9. The number of nitrogens with zero attached hydrogens (tertiary/aromatic N) is 2. The first-order chi connectivity index (χ1) is 18.5. The second-order valence-corrected chi connectivity index (χ2v) is 11.4. The Morgan fingerprint density at radius 1 is 1.21 bits per heavy atom. The Morgan fingerprint density at radius 2 is 1.90 bits per heavy atom. The summed E-state index contributed by atoms with van der Waals surface area (Å²) in [5.41, 5.74) is 3.23. The topological polar surface area (TPSA) is 96.2 Å². The molecule has 2 aromatic carbocycles. The van der Waals surface area contributed by atoms with Crippen LogP contribution in [0.5, 0.6) is 11.5 Å². The number of hydrogen-bond donors (Lipinski definition) is 0. The summed E-state index contributed by atoms with van der Waals surface area (Å²) in [7, 11) is 1.49. The first-order valence-corrected chi connectivity index (χ1v) is 14.3. The number of allylic oxidation sites excluding steroid dienone is 1. The van der Waals surface area contributed by atoms with Crippen LogP contribution in [0, 0.1) is 3.57 Å². The molecule has 3 aromatic rings. The molecule has 204 valence electrons. The number of aromatic nitrogens is 1. The van der Waals surface area contributed by atoms with Crippen LogP contribution >= 0.6 is 33.9 Å². The minimum Gasteiger partial charge on any atom is -0.493 e. The highest BCUT2D eigenvalue weighted by Gasteiger charge is 2.33. The summed E-state index contributed by atoms with van der Waals surface area (Å²) < 4.78 is 18.8. The summed E-state index contributed by atoms with van der Waals surface area (Å²) in [6.07, 6.45) is 1.74. The van der Waals surface area contributed by atoms with Gasteiger partial charge in [-0.1, -0.05) is 49.4 Å². The van der Waals surface area contributed by atoms with E-state index in [1.54, 1.807) is 36.6 Å². The molecule has 4 rings (SSSR count). The van der Waals surface area contributed by atoms with Crippen molar-refractivity contribution in [3.05, 3.63) is 87.6 Å². The van der Waals surface area contributed by atoms with E-state index in [9.17, 15) is 14.4 Å². The summed E-state index contributed by atoms with van der Waals surface area (Å²) in [5, 5.41) is 0. The third-order valence-electron chi connectivity index (χ3n) is 6.23. The average Bonchev–Trinajstić information content (AvgIpc) is 3.18. The summed E-state index contributed by atoms with van der Waals surface area (Å²) in [6, 6.07) is 10.8. The van der Waals surface area contributed by atoms with Crippen LogP contribution in [0.1, 0.15) is 63.3 Å². The summed E-state index contributed by atoms with van der Waals surface area (Å²) in [5.74, 6) is 0.0890. The van der Waals surface area contributed by atoms with Crippen molar-refractivity contribution in [1.82, 2.24) is 4.57 Å². The van der Waals surface area contributed by atoms with E-state index in [1.165, 1.54) is 25.4 Å². The van der Waals surface area contributed by atoms with Crippen molar-refractivity contribution < 1.29 is 23.8 Å². The predicted octanol–water partition coefficient (Wildman–Crippen LogP) is 4.46. The van der Waals surface area contributed by atoms with Crippen LogP contribution in [0.2, 0.25) is 0 Å². The summed E-state index contributed by atoms with van der Waals surface area (Å²) in [6.45, 7) is 9.27.